The number of hydrogen-bond donors (Lipinski definition) is 1. The lowest BCUT2D eigenvalue weighted by atomic mass is 10.1. The predicted octanol–water partition coefficient (Wildman–Crippen LogP) is 1.70. The van der Waals surface area contributed by atoms with Crippen LogP contribution in [0.25, 0.3) is 0 Å². The molecule has 0 aromatic heterocycles. The van der Waals surface area contributed by atoms with Crippen LogP contribution in [0.2, 0.25) is 0 Å². The molecule has 1 aromatic rings. The summed E-state index contributed by atoms with van der Waals surface area (Å²) >= 11 is 0. The highest BCUT2D eigenvalue weighted by atomic mass is 19.1. The molecule has 0 spiro atoms. The summed E-state index contributed by atoms with van der Waals surface area (Å²) in [6, 6.07) is 5.02. The molecule has 2 fully saturated rings. The highest BCUT2D eigenvalue weighted by molar-refractivity contribution is 6.01. The van der Waals surface area contributed by atoms with E-state index >= 15 is 0 Å². The summed E-state index contributed by atoms with van der Waals surface area (Å²) in [4.78, 5) is 40.4. The van der Waals surface area contributed by atoms with E-state index < -0.39 is 12.0 Å². The van der Waals surface area contributed by atoms with Crippen LogP contribution in [0.4, 0.5) is 10.1 Å². The van der Waals surface area contributed by atoms with E-state index in [1.54, 1.807) is 11.8 Å². The first-order valence-corrected chi connectivity index (χ1v) is 9.11. The van der Waals surface area contributed by atoms with Crippen molar-refractivity contribution in [3.63, 3.8) is 0 Å². The molecule has 2 aliphatic heterocycles. The molecule has 2 saturated heterocycles. The molecule has 1 N–H and O–H groups in total. The van der Waals surface area contributed by atoms with Crippen molar-refractivity contribution in [2.45, 2.75) is 38.6 Å². The fourth-order valence-electron chi connectivity index (χ4n) is 3.53. The van der Waals surface area contributed by atoms with Gasteiger partial charge in [0.2, 0.25) is 17.7 Å². The van der Waals surface area contributed by atoms with E-state index in [1.165, 1.54) is 29.2 Å². The van der Waals surface area contributed by atoms with E-state index in [0.717, 1.165) is 32.4 Å². The van der Waals surface area contributed by atoms with Gasteiger partial charge in [-0.15, -0.1) is 0 Å². The number of likely N-dealkylation sites (tertiary alicyclic amines) is 1. The lowest BCUT2D eigenvalue weighted by molar-refractivity contribution is -0.137. The van der Waals surface area contributed by atoms with Crippen molar-refractivity contribution >= 4 is 23.4 Å². The van der Waals surface area contributed by atoms with Gasteiger partial charge in [0.1, 0.15) is 11.9 Å². The molecule has 6 nitrogen and oxygen atoms in total. The van der Waals surface area contributed by atoms with Gasteiger partial charge in [0.25, 0.3) is 0 Å². The van der Waals surface area contributed by atoms with E-state index in [9.17, 15) is 18.8 Å². The zero-order valence-corrected chi connectivity index (χ0v) is 14.9. The van der Waals surface area contributed by atoms with Crippen molar-refractivity contribution in [2.75, 3.05) is 24.5 Å². The quantitative estimate of drug-likeness (QED) is 0.887. The molecule has 0 unspecified atom stereocenters. The highest BCUT2D eigenvalue weighted by Gasteiger charge is 2.36. The Hall–Kier alpha value is -2.44. The summed E-state index contributed by atoms with van der Waals surface area (Å²) in [5, 5.41) is 2.75. The van der Waals surface area contributed by atoms with E-state index in [-0.39, 0.29) is 36.5 Å². The Balaban J connectivity index is 1.57. The first-order valence-electron chi connectivity index (χ1n) is 9.11. The third-order valence-electron chi connectivity index (χ3n) is 5.03. The van der Waals surface area contributed by atoms with Gasteiger partial charge in [0, 0.05) is 31.7 Å². The topological polar surface area (TPSA) is 69.7 Å². The van der Waals surface area contributed by atoms with Crippen LogP contribution < -0.4 is 10.2 Å². The van der Waals surface area contributed by atoms with Crippen molar-refractivity contribution in [1.29, 1.82) is 0 Å². The first kappa shape index (κ1) is 18.4. The summed E-state index contributed by atoms with van der Waals surface area (Å²) in [7, 11) is 0. The maximum Gasteiger partial charge on any atom is 0.244 e. The molecule has 7 heteroatoms. The molecule has 0 bridgehead atoms. The summed E-state index contributed by atoms with van der Waals surface area (Å²) in [6.45, 7) is 3.39. The Bertz CT molecular complexity index is 686. The maximum absolute atomic E-state index is 13.0. The number of carbonyl (C=O) groups excluding carboxylic acids is 3. The molecule has 140 valence electrons. The maximum atomic E-state index is 13.0. The normalized spacial score (nSPS) is 21.6. The Labute approximate surface area is 152 Å². The second-order valence-electron chi connectivity index (χ2n) is 7.00. The lowest BCUT2D eigenvalue weighted by Crippen LogP contribution is -2.50. The fourth-order valence-corrected chi connectivity index (χ4v) is 3.53. The molecule has 0 radical (unpaired) electrons. The average molecular weight is 361 g/mol. The standard InChI is InChI=1S/C19H24FN3O3/c1-13(19(26)22-9-3-2-4-10-22)21-18(25)14-11-17(24)23(12-14)16-7-5-15(20)6-8-16/h5-8,13-14H,2-4,9-12H2,1H3,(H,21,25)/t13-,14-/m0/s1. The van der Waals surface area contributed by atoms with Gasteiger partial charge in [-0.05, 0) is 50.5 Å². The molecular formula is C19H24FN3O3. The predicted molar refractivity (Wildman–Crippen MR) is 94.9 cm³/mol. The minimum atomic E-state index is -0.601. The molecule has 2 heterocycles. The molecular weight excluding hydrogens is 337 g/mol. The summed E-state index contributed by atoms with van der Waals surface area (Å²) in [5.74, 6) is -1.42. The number of nitrogens with zero attached hydrogens (tertiary/aromatic N) is 2. The molecule has 3 rings (SSSR count). The Kier molecular flexibility index (Phi) is 5.54. The number of nitrogens with one attached hydrogen (secondary N) is 1. The van der Waals surface area contributed by atoms with Gasteiger partial charge in [0.05, 0.1) is 5.92 Å². The minimum Gasteiger partial charge on any atom is -0.344 e. The number of anilines is 1. The number of amides is 3. The summed E-state index contributed by atoms with van der Waals surface area (Å²) in [5.41, 5.74) is 0.573. The van der Waals surface area contributed by atoms with Gasteiger partial charge in [0.15, 0.2) is 0 Å². The number of benzene rings is 1. The molecule has 2 atom stereocenters. The van der Waals surface area contributed by atoms with Crippen LogP contribution in [0, 0.1) is 11.7 Å². The van der Waals surface area contributed by atoms with E-state index in [2.05, 4.69) is 5.32 Å². The van der Waals surface area contributed by atoms with Crippen LogP contribution >= 0.6 is 0 Å². The highest BCUT2D eigenvalue weighted by Crippen LogP contribution is 2.25. The largest absolute Gasteiger partial charge is 0.344 e. The molecule has 3 amide bonds. The number of rotatable bonds is 4. The van der Waals surface area contributed by atoms with Gasteiger partial charge in [-0.3, -0.25) is 14.4 Å². The smallest absolute Gasteiger partial charge is 0.244 e. The SMILES string of the molecule is C[C@H](NC(=O)[C@H]1CC(=O)N(c2ccc(F)cc2)C1)C(=O)N1CCCCC1. The second kappa shape index (κ2) is 7.85. The molecule has 0 aliphatic carbocycles. The average Bonchev–Trinajstić information content (AvgIpc) is 3.04. The second-order valence-corrected chi connectivity index (χ2v) is 7.00. The van der Waals surface area contributed by atoms with Gasteiger partial charge in [-0.2, -0.15) is 0 Å². The first-order chi connectivity index (χ1) is 12.5. The van der Waals surface area contributed by atoms with E-state index in [0.29, 0.717) is 5.69 Å². The number of halogens is 1. The zero-order chi connectivity index (χ0) is 18.7. The third kappa shape index (κ3) is 4.03. The summed E-state index contributed by atoms with van der Waals surface area (Å²) in [6.07, 6.45) is 3.22. The Morgan fingerprint density at radius 1 is 1.15 bits per heavy atom. The number of hydrogen-bond acceptors (Lipinski definition) is 3. The van der Waals surface area contributed by atoms with Crippen LogP contribution in [0.5, 0.6) is 0 Å². The van der Waals surface area contributed by atoms with Crippen LogP contribution in [-0.4, -0.2) is 48.3 Å². The Morgan fingerprint density at radius 3 is 2.46 bits per heavy atom. The van der Waals surface area contributed by atoms with Crippen molar-refractivity contribution < 1.29 is 18.8 Å². The van der Waals surface area contributed by atoms with Gasteiger partial charge in [-0.25, -0.2) is 4.39 Å². The molecule has 1 aromatic carbocycles. The number of piperidine rings is 1. The van der Waals surface area contributed by atoms with Crippen molar-refractivity contribution in [3.05, 3.63) is 30.1 Å². The molecule has 26 heavy (non-hydrogen) atoms. The number of carbonyl (C=O) groups is 3. The molecule has 0 saturated carbocycles. The summed E-state index contributed by atoms with van der Waals surface area (Å²) < 4.78 is 13.0. The van der Waals surface area contributed by atoms with E-state index in [1.807, 2.05) is 0 Å². The monoisotopic (exact) mass is 361 g/mol. The van der Waals surface area contributed by atoms with Crippen LogP contribution in [-0.2, 0) is 14.4 Å². The van der Waals surface area contributed by atoms with Crippen LogP contribution in [0.3, 0.4) is 0 Å². The van der Waals surface area contributed by atoms with Gasteiger partial charge < -0.3 is 15.1 Å². The lowest BCUT2D eigenvalue weighted by Gasteiger charge is -2.29. The van der Waals surface area contributed by atoms with Gasteiger partial charge in [-0.1, -0.05) is 0 Å². The van der Waals surface area contributed by atoms with Crippen molar-refractivity contribution in [3.8, 4) is 0 Å². The fraction of sp³-hybridized carbons (Fsp3) is 0.526. The van der Waals surface area contributed by atoms with Crippen LogP contribution in [0.1, 0.15) is 32.6 Å². The third-order valence-corrected chi connectivity index (χ3v) is 5.03. The van der Waals surface area contributed by atoms with Crippen molar-refractivity contribution in [1.82, 2.24) is 10.2 Å². The van der Waals surface area contributed by atoms with Crippen molar-refractivity contribution in [2.24, 2.45) is 5.92 Å². The Morgan fingerprint density at radius 2 is 1.81 bits per heavy atom. The zero-order valence-electron chi connectivity index (χ0n) is 14.9. The van der Waals surface area contributed by atoms with Crippen LogP contribution in [0.15, 0.2) is 24.3 Å². The molecule has 2 aliphatic rings. The van der Waals surface area contributed by atoms with Gasteiger partial charge >= 0.3 is 0 Å². The minimum absolute atomic E-state index is 0.0715. The van der Waals surface area contributed by atoms with E-state index in [4.69, 9.17) is 0 Å².